The van der Waals surface area contributed by atoms with Gasteiger partial charge >= 0.3 is 0 Å². The largest absolute Gasteiger partial charge is 0.490 e. The third-order valence-electron chi connectivity index (χ3n) is 4.89. The van der Waals surface area contributed by atoms with Crippen LogP contribution in [0.2, 0.25) is 0 Å². The van der Waals surface area contributed by atoms with Crippen LogP contribution in [0.3, 0.4) is 0 Å². The lowest BCUT2D eigenvalue weighted by atomic mass is 10.1. The molecular formula is C22H35IN4O3. The predicted octanol–water partition coefficient (Wildman–Crippen LogP) is 3.38. The first-order valence-electron chi connectivity index (χ1n) is 10.6. The minimum absolute atomic E-state index is 0. The third-order valence-corrected chi connectivity index (χ3v) is 4.89. The molecule has 1 heterocycles. The van der Waals surface area contributed by atoms with Gasteiger partial charge in [0, 0.05) is 38.0 Å². The maximum atomic E-state index is 11.9. The van der Waals surface area contributed by atoms with Crippen LogP contribution in [0.25, 0.3) is 0 Å². The Kier molecular flexibility index (Phi) is 11.8. The number of guanidine groups is 1. The summed E-state index contributed by atoms with van der Waals surface area (Å²) >= 11 is 0. The van der Waals surface area contributed by atoms with Crippen LogP contribution >= 0.6 is 24.0 Å². The molecule has 2 amide bonds. The van der Waals surface area contributed by atoms with Gasteiger partial charge in [-0.25, -0.2) is 4.99 Å². The number of hydrogen-bond donors (Lipinski definition) is 2. The fourth-order valence-corrected chi connectivity index (χ4v) is 3.04. The van der Waals surface area contributed by atoms with Crippen molar-refractivity contribution >= 4 is 41.8 Å². The highest BCUT2D eigenvalue weighted by Crippen LogP contribution is 2.23. The summed E-state index contributed by atoms with van der Waals surface area (Å²) in [6, 6.07) is 6.15. The van der Waals surface area contributed by atoms with Gasteiger partial charge in [0.05, 0.1) is 12.6 Å². The van der Waals surface area contributed by atoms with Crippen LogP contribution in [-0.4, -0.2) is 48.4 Å². The number of carbonyl (C=O) groups excluding carboxylic acids is 2. The van der Waals surface area contributed by atoms with Gasteiger partial charge in [0.2, 0.25) is 11.8 Å². The van der Waals surface area contributed by atoms with Crippen molar-refractivity contribution in [1.29, 1.82) is 0 Å². The average Bonchev–Trinajstić information content (AvgIpc) is 2.69. The summed E-state index contributed by atoms with van der Waals surface area (Å²) in [5.41, 5.74) is 2.17. The van der Waals surface area contributed by atoms with E-state index < -0.39 is 0 Å². The molecule has 1 aliphatic heterocycles. The SMILES string of the molecule is CCNC(=NCc1ccc(C)cc1OC(C)CC)NCCN1C(=O)CCCC1=O.I. The maximum Gasteiger partial charge on any atom is 0.229 e. The van der Waals surface area contributed by atoms with Crippen molar-refractivity contribution in [2.24, 2.45) is 4.99 Å². The Hall–Kier alpha value is -1.84. The maximum absolute atomic E-state index is 11.9. The number of amides is 2. The van der Waals surface area contributed by atoms with Crippen molar-refractivity contribution in [1.82, 2.24) is 15.5 Å². The van der Waals surface area contributed by atoms with Gasteiger partial charge in [0.1, 0.15) is 5.75 Å². The molecule has 0 aliphatic carbocycles. The Labute approximate surface area is 197 Å². The van der Waals surface area contributed by atoms with Crippen molar-refractivity contribution in [3.63, 3.8) is 0 Å². The predicted molar refractivity (Wildman–Crippen MR) is 130 cm³/mol. The van der Waals surface area contributed by atoms with E-state index in [2.05, 4.69) is 35.5 Å². The van der Waals surface area contributed by atoms with Crippen LogP contribution in [0.5, 0.6) is 5.75 Å². The van der Waals surface area contributed by atoms with Crippen molar-refractivity contribution in [2.45, 2.75) is 66.0 Å². The molecule has 0 spiro atoms. The molecule has 1 atom stereocenters. The molecule has 168 valence electrons. The Morgan fingerprint density at radius 2 is 1.90 bits per heavy atom. The van der Waals surface area contributed by atoms with E-state index in [-0.39, 0.29) is 41.9 Å². The molecule has 0 saturated carbocycles. The zero-order valence-corrected chi connectivity index (χ0v) is 20.8. The van der Waals surface area contributed by atoms with Gasteiger partial charge in [-0.2, -0.15) is 0 Å². The zero-order chi connectivity index (χ0) is 21.2. The first-order chi connectivity index (χ1) is 13.9. The Morgan fingerprint density at radius 3 is 2.53 bits per heavy atom. The highest BCUT2D eigenvalue weighted by molar-refractivity contribution is 14.0. The van der Waals surface area contributed by atoms with Gasteiger partial charge in [-0.05, 0) is 45.2 Å². The minimum atomic E-state index is -0.0866. The summed E-state index contributed by atoms with van der Waals surface area (Å²) in [6.07, 6.45) is 2.64. The van der Waals surface area contributed by atoms with Crippen molar-refractivity contribution in [2.75, 3.05) is 19.6 Å². The van der Waals surface area contributed by atoms with Gasteiger partial charge in [-0.1, -0.05) is 19.1 Å². The molecule has 1 aliphatic rings. The number of benzene rings is 1. The van der Waals surface area contributed by atoms with E-state index >= 15 is 0 Å². The topological polar surface area (TPSA) is 83.0 Å². The number of hydrogen-bond acceptors (Lipinski definition) is 4. The van der Waals surface area contributed by atoms with Crippen molar-refractivity contribution in [3.8, 4) is 5.75 Å². The molecule has 1 aromatic carbocycles. The number of carbonyl (C=O) groups is 2. The van der Waals surface area contributed by atoms with Crippen LogP contribution < -0.4 is 15.4 Å². The summed E-state index contributed by atoms with van der Waals surface area (Å²) in [6.45, 7) is 10.2. The second kappa shape index (κ2) is 13.5. The summed E-state index contributed by atoms with van der Waals surface area (Å²) < 4.78 is 6.06. The molecule has 30 heavy (non-hydrogen) atoms. The van der Waals surface area contributed by atoms with Gasteiger partial charge in [0.25, 0.3) is 0 Å². The van der Waals surface area contributed by atoms with Gasteiger partial charge in [-0.15, -0.1) is 24.0 Å². The number of piperidine rings is 1. The van der Waals surface area contributed by atoms with Crippen LogP contribution in [0.15, 0.2) is 23.2 Å². The smallest absolute Gasteiger partial charge is 0.229 e. The Morgan fingerprint density at radius 1 is 1.20 bits per heavy atom. The number of aryl methyl sites for hydroxylation is 1. The monoisotopic (exact) mass is 530 g/mol. The first kappa shape index (κ1) is 26.2. The molecule has 1 saturated heterocycles. The van der Waals surface area contributed by atoms with E-state index in [9.17, 15) is 9.59 Å². The standard InChI is InChI=1S/C22H34N4O3.HI/c1-5-17(4)29-19-14-16(3)10-11-18(19)15-25-22(23-6-2)24-12-13-26-20(27)8-7-9-21(26)28;/h10-11,14,17H,5-9,12-13,15H2,1-4H3,(H2,23,24,25);1H. The number of aliphatic imine (C=N–C) groups is 1. The zero-order valence-electron chi connectivity index (χ0n) is 18.5. The first-order valence-corrected chi connectivity index (χ1v) is 10.6. The molecule has 7 nitrogen and oxygen atoms in total. The molecule has 1 fully saturated rings. The van der Waals surface area contributed by atoms with E-state index in [1.807, 2.05) is 26.0 Å². The highest BCUT2D eigenvalue weighted by atomic mass is 127. The number of imide groups is 1. The molecule has 2 N–H and O–H groups in total. The van der Waals surface area contributed by atoms with E-state index in [1.165, 1.54) is 4.90 Å². The molecule has 1 unspecified atom stereocenters. The van der Waals surface area contributed by atoms with Gasteiger partial charge in [0.15, 0.2) is 5.96 Å². The van der Waals surface area contributed by atoms with E-state index in [0.29, 0.717) is 44.9 Å². The van der Waals surface area contributed by atoms with Crippen LogP contribution in [0.1, 0.15) is 57.6 Å². The minimum Gasteiger partial charge on any atom is -0.490 e. The molecule has 1 aromatic rings. The molecule has 0 aromatic heterocycles. The summed E-state index contributed by atoms with van der Waals surface area (Å²) in [5, 5.41) is 6.42. The highest BCUT2D eigenvalue weighted by Gasteiger charge is 2.25. The summed E-state index contributed by atoms with van der Waals surface area (Å²) in [7, 11) is 0. The van der Waals surface area contributed by atoms with E-state index in [1.54, 1.807) is 0 Å². The second-order valence-electron chi connectivity index (χ2n) is 7.36. The fourth-order valence-electron chi connectivity index (χ4n) is 3.04. The second-order valence-corrected chi connectivity index (χ2v) is 7.36. The quantitative estimate of drug-likeness (QED) is 0.222. The number of ether oxygens (including phenoxy) is 1. The number of nitrogens with zero attached hydrogens (tertiary/aromatic N) is 2. The molecule has 2 rings (SSSR count). The molecular weight excluding hydrogens is 495 g/mol. The molecule has 0 bridgehead atoms. The summed E-state index contributed by atoms with van der Waals surface area (Å²) in [4.78, 5) is 29.8. The summed E-state index contributed by atoms with van der Waals surface area (Å²) in [5.74, 6) is 1.34. The lowest BCUT2D eigenvalue weighted by Crippen LogP contribution is -2.46. The van der Waals surface area contributed by atoms with Crippen LogP contribution in [-0.2, 0) is 16.1 Å². The number of nitrogens with one attached hydrogen (secondary N) is 2. The van der Waals surface area contributed by atoms with Gasteiger partial charge < -0.3 is 15.4 Å². The van der Waals surface area contributed by atoms with Gasteiger partial charge in [-0.3, -0.25) is 14.5 Å². The normalized spacial score (nSPS) is 15.5. The molecule has 0 radical (unpaired) electrons. The molecule has 8 heteroatoms. The fraction of sp³-hybridized carbons (Fsp3) is 0.591. The number of likely N-dealkylation sites (tertiary alicyclic amines) is 1. The number of halogens is 1. The van der Waals surface area contributed by atoms with Crippen molar-refractivity contribution in [3.05, 3.63) is 29.3 Å². The van der Waals surface area contributed by atoms with Crippen LogP contribution in [0.4, 0.5) is 0 Å². The lowest BCUT2D eigenvalue weighted by Gasteiger charge is -2.25. The average molecular weight is 530 g/mol. The van der Waals surface area contributed by atoms with Crippen molar-refractivity contribution < 1.29 is 14.3 Å². The Bertz CT molecular complexity index is 723. The number of rotatable bonds is 9. The lowest BCUT2D eigenvalue weighted by molar-refractivity contribution is -0.147. The Balaban J connectivity index is 0.00000450. The van der Waals surface area contributed by atoms with E-state index in [0.717, 1.165) is 29.8 Å². The van der Waals surface area contributed by atoms with E-state index in [4.69, 9.17) is 4.74 Å². The van der Waals surface area contributed by atoms with Crippen LogP contribution in [0, 0.1) is 6.92 Å². The third kappa shape index (κ3) is 8.12.